The fourth-order valence-electron chi connectivity index (χ4n) is 4.25. The molecule has 1 saturated heterocycles. The number of benzene rings is 2. The average molecular weight is 503 g/mol. The van der Waals surface area contributed by atoms with Crippen LogP contribution in [-0.2, 0) is 4.79 Å². The lowest BCUT2D eigenvalue weighted by Gasteiger charge is -2.35. The van der Waals surface area contributed by atoms with Crippen molar-refractivity contribution in [2.75, 3.05) is 51.3 Å². The van der Waals surface area contributed by atoms with Gasteiger partial charge in [0.25, 0.3) is 0 Å². The largest absolute Gasteiger partial charge is 0.457 e. The molecule has 1 fully saturated rings. The van der Waals surface area contributed by atoms with Gasteiger partial charge in [-0.25, -0.2) is 9.97 Å². The lowest BCUT2D eigenvalue weighted by molar-refractivity contribution is -0.130. The van der Waals surface area contributed by atoms with E-state index in [0.29, 0.717) is 55.5 Å². The first kappa shape index (κ1) is 26.1. The molecule has 0 saturated carbocycles. The predicted octanol–water partition coefficient (Wildman–Crippen LogP) is 3.26. The zero-order valence-corrected chi connectivity index (χ0v) is 21.2. The van der Waals surface area contributed by atoms with Crippen LogP contribution in [0, 0.1) is 5.92 Å². The molecule has 4 N–H and O–H groups in total. The van der Waals surface area contributed by atoms with Gasteiger partial charge < -0.3 is 30.7 Å². The average Bonchev–Trinajstić information content (AvgIpc) is 2.89. The first-order valence-electron chi connectivity index (χ1n) is 12.4. The van der Waals surface area contributed by atoms with E-state index >= 15 is 0 Å². The van der Waals surface area contributed by atoms with E-state index in [-0.39, 0.29) is 11.8 Å². The number of anilines is 2. The number of β-amino-alcohol motifs (C(OH)–C–C–N with tert-alkyl or cyclic N) is 1. The number of carbonyl (C=O) groups is 1. The minimum atomic E-state index is -0.635. The molecule has 2 aromatic carbocycles. The normalized spacial score (nSPS) is 17.8. The first-order valence-corrected chi connectivity index (χ1v) is 12.4. The Kier molecular flexibility index (Phi) is 8.71. The molecule has 1 amide bonds. The molecule has 2 heterocycles. The Morgan fingerprint density at radius 1 is 1.16 bits per heavy atom. The number of rotatable bonds is 9. The molecule has 2 unspecified atom stereocenters. The molecule has 0 radical (unpaired) electrons. The predicted molar refractivity (Wildman–Crippen MR) is 145 cm³/mol. The number of nitrogens with zero attached hydrogens (tertiary/aromatic N) is 4. The molecule has 1 aliphatic rings. The van der Waals surface area contributed by atoms with Crippen LogP contribution < -0.4 is 15.8 Å². The van der Waals surface area contributed by atoms with Gasteiger partial charge in [0, 0.05) is 38.2 Å². The molecule has 0 bridgehead atoms. The fourth-order valence-corrected chi connectivity index (χ4v) is 4.25. The Balaban J connectivity index is 1.38. The molecule has 1 aromatic heterocycles. The van der Waals surface area contributed by atoms with Crippen molar-refractivity contribution in [3.63, 3.8) is 0 Å². The van der Waals surface area contributed by atoms with Gasteiger partial charge in [0.05, 0.1) is 11.7 Å². The van der Waals surface area contributed by atoms with Gasteiger partial charge in [-0.2, -0.15) is 0 Å². The zero-order chi connectivity index (χ0) is 26.2. The molecule has 37 heavy (non-hydrogen) atoms. The number of piperidine rings is 1. The van der Waals surface area contributed by atoms with Crippen molar-refractivity contribution in [1.29, 1.82) is 0 Å². The lowest BCUT2D eigenvalue weighted by atomic mass is 9.93. The third-order valence-electron chi connectivity index (χ3n) is 6.29. The highest BCUT2D eigenvalue weighted by Crippen LogP contribution is 2.33. The molecule has 0 aliphatic carbocycles. The van der Waals surface area contributed by atoms with Crippen molar-refractivity contribution in [2.24, 2.45) is 5.92 Å². The van der Waals surface area contributed by atoms with Crippen molar-refractivity contribution < 1.29 is 14.6 Å². The van der Waals surface area contributed by atoms with Gasteiger partial charge in [-0.15, -0.1) is 0 Å². The van der Waals surface area contributed by atoms with E-state index in [4.69, 9.17) is 10.5 Å². The van der Waals surface area contributed by atoms with E-state index in [1.807, 2.05) is 79.7 Å². The summed E-state index contributed by atoms with van der Waals surface area (Å²) in [6, 6.07) is 17.2. The highest BCUT2D eigenvalue weighted by Gasteiger charge is 2.29. The van der Waals surface area contributed by atoms with E-state index in [9.17, 15) is 9.90 Å². The summed E-state index contributed by atoms with van der Waals surface area (Å²) < 4.78 is 5.89. The van der Waals surface area contributed by atoms with Crippen molar-refractivity contribution in [3.05, 3.63) is 73.1 Å². The Hall–Kier alpha value is -3.95. The molecule has 9 heteroatoms. The Morgan fingerprint density at radius 3 is 2.59 bits per heavy atom. The molecular formula is C28H34N6O3. The fraction of sp³-hybridized carbons (Fsp3) is 0.321. The number of nitrogen functional groups attached to an aromatic ring is 1. The van der Waals surface area contributed by atoms with Gasteiger partial charge in [0.15, 0.2) is 0 Å². The van der Waals surface area contributed by atoms with Crippen LogP contribution in [0.2, 0.25) is 0 Å². The Morgan fingerprint density at radius 2 is 1.89 bits per heavy atom. The van der Waals surface area contributed by atoms with Crippen molar-refractivity contribution >= 4 is 17.5 Å². The van der Waals surface area contributed by atoms with Crippen molar-refractivity contribution in [3.8, 4) is 22.6 Å². The molecule has 4 rings (SSSR count). The number of likely N-dealkylation sites (N-methyl/N-ethyl adjacent to an activating group) is 1. The van der Waals surface area contributed by atoms with Crippen LogP contribution in [0.15, 0.2) is 73.1 Å². The van der Waals surface area contributed by atoms with Gasteiger partial charge in [0.1, 0.15) is 29.5 Å². The minimum absolute atomic E-state index is 0.0273. The number of hydrogen-bond donors (Lipinski definition) is 3. The number of para-hydroxylation sites is 1. The molecule has 1 aliphatic heterocycles. The van der Waals surface area contributed by atoms with Crippen LogP contribution in [-0.4, -0.2) is 77.2 Å². The molecule has 9 nitrogen and oxygen atoms in total. The van der Waals surface area contributed by atoms with E-state index in [2.05, 4.69) is 15.3 Å². The zero-order valence-electron chi connectivity index (χ0n) is 21.2. The summed E-state index contributed by atoms with van der Waals surface area (Å²) >= 11 is 0. The summed E-state index contributed by atoms with van der Waals surface area (Å²) in [4.78, 5) is 24.7. The monoisotopic (exact) mass is 502 g/mol. The van der Waals surface area contributed by atoms with Crippen molar-refractivity contribution in [1.82, 2.24) is 19.8 Å². The Bertz CT molecular complexity index is 1200. The molecule has 194 valence electrons. The maximum absolute atomic E-state index is 12.4. The second-order valence-electron chi connectivity index (χ2n) is 9.37. The van der Waals surface area contributed by atoms with E-state index in [0.717, 1.165) is 11.3 Å². The van der Waals surface area contributed by atoms with Crippen LogP contribution in [0.25, 0.3) is 11.1 Å². The smallest absolute Gasteiger partial charge is 0.246 e. The van der Waals surface area contributed by atoms with E-state index in [1.165, 1.54) is 6.33 Å². The van der Waals surface area contributed by atoms with Gasteiger partial charge in [-0.05, 0) is 50.3 Å². The summed E-state index contributed by atoms with van der Waals surface area (Å²) in [5.41, 5.74) is 7.79. The second kappa shape index (κ2) is 12.3. The summed E-state index contributed by atoms with van der Waals surface area (Å²) in [7, 11) is 3.90. The van der Waals surface area contributed by atoms with Gasteiger partial charge in [0.2, 0.25) is 5.91 Å². The SMILES string of the molecule is CN(C)CC=CC(=O)N1CCC(CNc2ncnc(N)c2-c2ccc(Oc3ccccc3)cc2)C(O)C1. The highest BCUT2D eigenvalue weighted by molar-refractivity contribution is 5.87. The van der Waals surface area contributed by atoms with Gasteiger partial charge in [-0.3, -0.25) is 4.79 Å². The number of aromatic nitrogens is 2. The summed E-state index contributed by atoms with van der Waals surface area (Å²) in [6.07, 6.45) is 4.89. The molecule has 0 spiro atoms. The number of hydrogen-bond acceptors (Lipinski definition) is 8. The number of nitrogens with one attached hydrogen (secondary N) is 1. The number of nitrogens with two attached hydrogens (primary N) is 1. The second-order valence-corrected chi connectivity index (χ2v) is 9.37. The molecule has 3 aromatic rings. The van der Waals surface area contributed by atoms with Crippen LogP contribution in [0.4, 0.5) is 11.6 Å². The van der Waals surface area contributed by atoms with Gasteiger partial charge >= 0.3 is 0 Å². The lowest BCUT2D eigenvalue weighted by Crippen LogP contribution is -2.47. The maximum atomic E-state index is 12.4. The van der Waals surface area contributed by atoms with Crippen molar-refractivity contribution in [2.45, 2.75) is 12.5 Å². The number of likely N-dealkylation sites (tertiary alicyclic amines) is 1. The number of carbonyl (C=O) groups excluding carboxylic acids is 1. The quantitative estimate of drug-likeness (QED) is 0.382. The summed E-state index contributed by atoms with van der Waals surface area (Å²) in [5.74, 6) is 2.33. The third kappa shape index (κ3) is 7.05. The van der Waals surface area contributed by atoms with Crippen LogP contribution in [0.3, 0.4) is 0 Å². The number of ether oxygens (including phenoxy) is 1. The maximum Gasteiger partial charge on any atom is 0.246 e. The Labute approximate surface area is 217 Å². The van der Waals surface area contributed by atoms with E-state index in [1.54, 1.807) is 11.0 Å². The number of aliphatic hydroxyl groups is 1. The standard InChI is InChI=1S/C28H34N6O3/c1-33(2)15-6-9-25(36)34-16-14-21(24(35)18-34)17-30-28-26(27(29)31-19-32-28)20-10-12-23(13-11-20)37-22-7-4-3-5-8-22/h3-13,19,21,24,35H,14-18H2,1-2H3,(H3,29,30,31,32). The molecular weight excluding hydrogens is 468 g/mol. The van der Waals surface area contributed by atoms with Crippen LogP contribution >= 0.6 is 0 Å². The highest BCUT2D eigenvalue weighted by atomic mass is 16.5. The summed E-state index contributed by atoms with van der Waals surface area (Å²) in [5, 5.41) is 14.1. The van der Waals surface area contributed by atoms with Crippen LogP contribution in [0.5, 0.6) is 11.5 Å². The van der Waals surface area contributed by atoms with E-state index < -0.39 is 6.10 Å². The number of amides is 1. The molecule has 2 atom stereocenters. The van der Waals surface area contributed by atoms with Crippen LogP contribution in [0.1, 0.15) is 6.42 Å². The topological polar surface area (TPSA) is 117 Å². The third-order valence-corrected chi connectivity index (χ3v) is 6.29. The van der Waals surface area contributed by atoms with Gasteiger partial charge in [-0.1, -0.05) is 36.4 Å². The first-order chi connectivity index (χ1) is 17.9. The number of aliphatic hydroxyl groups excluding tert-OH is 1. The minimum Gasteiger partial charge on any atom is -0.457 e. The summed E-state index contributed by atoms with van der Waals surface area (Å²) in [6.45, 7) is 2.09.